The SMILES string of the molecule is COc1ccc(NC(=O)C2(NC(=O)c3cc4c(C)nn(C)c4s3)CCCC2)cc1OC. The number of fused-ring (bicyclic) bond motifs is 1. The second-order valence-corrected chi connectivity index (χ2v) is 8.84. The summed E-state index contributed by atoms with van der Waals surface area (Å²) in [6.07, 6.45) is 2.97. The first-order valence-electron chi connectivity index (χ1n) is 10.2. The standard InChI is InChI=1S/C22H26N4O4S/c1-13-15-12-18(31-20(15)26(2)25-13)19(27)24-22(9-5-6-10-22)21(28)23-14-7-8-16(29-3)17(11-14)30-4/h7-8,11-12H,5-6,9-10H2,1-4H3,(H,23,28)(H,24,27). The minimum absolute atomic E-state index is 0.218. The quantitative estimate of drug-likeness (QED) is 0.608. The number of carbonyl (C=O) groups is 2. The van der Waals surface area contributed by atoms with Gasteiger partial charge in [0.2, 0.25) is 5.91 Å². The lowest BCUT2D eigenvalue weighted by Crippen LogP contribution is -2.54. The van der Waals surface area contributed by atoms with Crippen LogP contribution in [0.5, 0.6) is 11.5 Å². The topological polar surface area (TPSA) is 94.5 Å². The highest BCUT2D eigenvalue weighted by atomic mass is 32.1. The summed E-state index contributed by atoms with van der Waals surface area (Å²) in [5, 5.41) is 11.3. The highest BCUT2D eigenvalue weighted by Gasteiger charge is 2.43. The number of nitrogens with zero attached hydrogens (tertiary/aromatic N) is 2. The summed E-state index contributed by atoms with van der Waals surface area (Å²) in [6.45, 7) is 1.92. The molecule has 1 aromatic carbocycles. The van der Waals surface area contributed by atoms with Crippen LogP contribution in [0.1, 0.15) is 41.0 Å². The van der Waals surface area contributed by atoms with E-state index < -0.39 is 5.54 Å². The van der Waals surface area contributed by atoms with E-state index in [-0.39, 0.29) is 11.8 Å². The maximum absolute atomic E-state index is 13.3. The van der Waals surface area contributed by atoms with Gasteiger partial charge in [-0.1, -0.05) is 12.8 Å². The first kappa shape index (κ1) is 21.2. The Morgan fingerprint density at radius 1 is 1.13 bits per heavy atom. The van der Waals surface area contributed by atoms with E-state index in [4.69, 9.17) is 9.47 Å². The van der Waals surface area contributed by atoms with E-state index in [0.29, 0.717) is 34.9 Å². The summed E-state index contributed by atoms with van der Waals surface area (Å²) in [6, 6.07) is 7.06. The number of anilines is 1. The van der Waals surface area contributed by atoms with Crippen molar-refractivity contribution in [2.75, 3.05) is 19.5 Å². The first-order valence-corrected chi connectivity index (χ1v) is 11.0. The van der Waals surface area contributed by atoms with Crippen molar-refractivity contribution in [1.29, 1.82) is 0 Å². The van der Waals surface area contributed by atoms with Crippen LogP contribution < -0.4 is 20.1 Å². The third-order valence-electron chi connectivity index (χ3n) is 5.81. The average Bonchev–Trinajstić information content (AvgIpc) is 3.46. The molecule has 0 spiro atoms. The van der Waals surface area contributed by atoms with Crippen molar-refractivity contribution in [3.05, 3.63) is 34.8 Å². The van der Waals surface area contributed by atoms with Crippen molar-refractivity contribution in [3.63, 3.8) is 0 Å². The molecule has 31 heavy (non-hydrogen) atoms. The Kier molecular flexibility index (Phi) is 5.62. The number of aromatic nitrogens is 2. The van der Waals surface area contributed by atoms with Crippen LogP contribution in [0.3, 0.4) is 0 Å². The van der Waals surface area contributed by atoms with Gasteiger partial charge in [-0.2, -0.15) is 5.10 Å². The number of hydrogen-bond acceptors (Lipinski definition) is 6. The summed E-state index contributed by atoms with van der Waals surface area (Å²) in [5.74, 6) is 0.660. The molecule has 4 rings (SSSR count). The number of methoxy groups -OCH3 is 2. The smallest absolute Gasteiger partial charge is 0.262 e. The number of amides is 2. The van der Waals surface area contributed by atoms with Gasteiger partial charge in [-0.3, -0.25) is 14.3 Å². The molecule has 0 saturated heterocycles. The van der Waals surface area contributed by atoms with Gasteiger partial charge in [0.05, 0.1) is 24.8 Å². The Labute approximate surface area is 184 Å². The van der Waals surface area contributed by atoms with E-state index in [1.54, 1.807) is 37.1 Å². The fraction of sp³-hybridized carbons (Fsp3) is 0.409. The molecule has 1 aliphatic rings. The van der Waals surface area contributed by atoms with Crippen molar-refractivity contribution in [2.45, 2.75) is 38.1 Å². The van der Waals surface area contributed by atoms with Crippen LogP contribution in [0.2, 0.25) is 0 Å². The zero-order chi connectivity index (χ0) is 22.2. The summed E-state index contributed by atoms with van der Waals surface area (Å²) < 4.78 is 12.4. The number of hydrogen-bond donors (Lipinski definition) is 2. The summed E-state index contributed by atoms with van der Waals surface area (Å²) >= 11 is 1.39. The van der Waals surface area contributed by atoms with Crippen molar-refractivity contribution >= 4 is 39.1 Å². The highest BCUT2D eigenvalue weighted by molar-refractivity contribution is 7.20. The molecule has 3 aromatic rings. The minimum Gasteiger partial charge on any atom is -0.493 e. The molecular formula is C22H26N4O4S. The predicted molar refractivity (Wildman–Crippen MR) is 120 cm³/mol. The van der Waals surface area contributed by atoms with Crippen molar-refractivity contribution < 1.29 is 19.1 Å². The maximum atomic E-state index is 13.3. The van der Waals surface area contributed by atoms with E-state index in [9.17, 15) is 9.59 Å². The second-order valence-electron chi connectivity index (χ2n) is 7.81. The van der Waals surface area contributed by atoms with Crippen molar-refractivity contribution in [3.8, 4) is 11.5 Å². The molecule has 0 unspecified atom stereocenters. The fourth-order valence-electron chi connectivity index (χ4n) is 4.15. The van der Waals surface area contributed by atoms with Crippen LogP contribution in [0.4, 0.5) is 5.69 Å². The minimum atomic E-state index is -0.937. The molecule has 2 amide bonds. The third kappa shape index (κ3) is 3.85. The Hall–Kier alpha value is -3.07. The largest absolute Gasteiger partial charge is 0.493 e. The van der Waals surface area contributed by atoms with Crippen LogP contribution in [-0.4, -0.2) is 41.4 Å². The summed E-state index contributed by atoms with van der Waals surface area (Å²) in [7, 11) is 4.97. The van der Waals surface area contributed by atoms with Crippen molar-refractivity contribution in [2.24, 2.45) is 7.05 Å². The number of benzene rings is 1. The van der Waals surface area contributed by atoms with Gasteiger partial charge >= 0.3 is 0 Å². The van der Waals surface area contributed by atoms with Crippen LogP contribution in [0.15, 0.2) is 24.3 Å². The molecule has 0 radical (unpaired) electrons. The Morgan fingerprint density at radius 3 is 2.48 bits per heavy atom. The number of carbonyl (C=O) groups excluding carboxylic acids is 2. The van der Waals surface area contributed by atoms with Crippen LogP contribution in [0, 0.1) is 6.92 Å². The highest BCUT2D eigenvalue weighted by Crippen LogP contribution is 2.35. The van der Waals surface area contributed by atoms with Crippen molar-refractivity contribution in [1.82, 2.24) is 15.1 Å². The molecule has 1 saturated carbocycles. The molecule has 2 heterocycles. The Morgan fingerprint density at radius 2 is 1.84 bits per heavy atom. The number of aryl methyl sites for hydroxylation is 2. The normalized spacial score (nSPS) is 15.1. The van der Waals surface area contributed by atoms with Gasteiger partial charge in [-0.05, 0) is 38.0 Å². The van der Waals surface area contributed by atoms with E-state index in [0.717, 1.165) is 28.8 Å². The molecule has 1 aliphatic carbocycles. The molecule has 1 fully saturated rings. The zero-order valence-electron chi connectivity index (χ0n) is 18.1. The molecule has 2 N–H and O–H groups in total. The predicted octanol–water partition coefficient (Wildman–Crippen LogP) is 3.64. The molecule has 0 bridgehead atoms. The zero-order valence-corrected chi connectivity index (χ0v) is 18.9. The summed E-state index contributed by atoms with van der Waals surface area (Å²) in [4.78, 5) is 27.9. The molecular weight excluding hydrogens is 416 g/mol. The van der Waals surface area contributed by atoms with E-state index in [2.05, 4.69) is 15.7 Å². The summed E-state index contributed by atoms with van der Waals surface area (Å²) in [5.41, 5.74) is 0.537. The molecule has 8 nitrogen and oxygen atoms in total. The van der Waals surface area contributed by atoms with E-state index in [1.165, 1.54) is 11.3 Å². The van der Waals surface area contributed by atoms with Gasteiger partial charge in [0.1, 0.15) is 10.4 Å². The molecule has 0 aliphatic heterocycles. The van der Waals surface area contributed by atoms with E-state index in [1.807, 2.05) is 20.0 Å². The lowest BCUT2D eigenvalue weighted by atomic mass is 9.95. The lowest BCUT2D eigenvalue weighted by Gasteiger charge is -2.29. The van der Waals surface area contributed by atoms with Gasteiger partial charge in [0.15, 0.2) is 11.5 Å². The maximum Gasteiger partial charge on any atom is 0.262 e. The number of nitrogens with one attached hydrogen (secondary N) is 2. The Bertz CT molecular complexity index is 1110. The Balaban J connectivity index is 1.56. The molecule has 2 aromatic heterocycles. The molecule has 164 valence electrons. The average molecular weight is 443 g/mol. The molecule has 9 heteroatoms. The molecule has 0 atom stereocenters. The fourth-order valence-corrected chi connectivity index (χ4v) is 5.17. The van der Waals surface area contributed by atoms with Crippen LogP contribution in [-0.2, 0) is 11.8 Å². The second kappa shape index (κ2) is 8.22. The van der Waals surface area contributed by atoms with Gasteiger partial charge in [0, 0.05) is 24.2 Å². The lowest BCUT2D eigenvalue weighted by molar-refractivity contribution is -0.122. The van der Waals surface area contributed by atoms with Gasteiger partial charge in [-0.15, -0.1) is 11.3 Å². The van der Waals surface area contributed by atoms with Crippen LogP contribution in [0.25, 0.3) is 10.2 Å². The van der Waals surface area contributed by atoms with Gasteiger partial charge in [0.25, 0.3) is 5.91 Å². The van der Waals surface area contributed by atoms with Gasteiger partial charge < -0.3 is 20.1 Å². The monoisotopic (exact) mass is 442 g/mol. The van der Waals surface area contributed by atoms with Gasteiger partial charge in [-0.25, -0.2) is 0 Å². The first-order chi connectivity index (χ1) is 14.9. The van der Waals surface area contributed by atoms with E-state index >= 15 is 0 Å². The third-order valence-corrected chi connectivity index (χ3v) is 7.01. The number of thiophene rings is 1. The number of ether oxygens (including phenoxy) is 2. The van der Waals surface area contributed by atoms with Crippen LogP contribution >= 0.6 is 11.3 Å². The number of rotatable bonds is 6.